The maximum atomic E-state index is 8.93. The van der Waals surface area contributed by atoms with E-state index in [4.69, 9.17) is 5.26 Å². The summed E-state index contributed by atoms with van der Waals surface area (Å²) in [5.41, 5.74) is 4.39. The zero-order valence-electron chi connectivity index (χ0n) is 9.95. The molecule has 0 atom stereocenters. The van der Waals surface area contributed by atoms with E-state index in [0.29, 0.717) is 5.56 Å². The average Bonchev–Trinajstić information content (AvgIpc) is 3.02. The fraction of sp³-hybridized carbons (Fsp3) is 0. The second-order valence-corrected chi connectivity index (χ2v) is 4.76. The van der Waals surface area contributed by atoms with Gasteiger partial charge in [-0.05, 0) is 35.7 Å². The number of pyridine rings is 2. The van der Waals surface area contributed by atoms with Gasteiger partial charge in [0, 0.05) is 28.9 Å². The van der Waals surface area contributed by atoms with Crippen LogP contribution in [0.3, 0.4) is 0 Å². The molecule has 0 aliphatic carbocycles. The molecule has 0 N–H and O–H groups in total. The lowest BCUT2D eigenvalue weighted by atomic mass is 10.1. The van der Waals surface area contributed by atoms with Gasteiger partial charge >= 0.3 is 0 Å². The largest absolute Gasteiger partial charge is 0.256 e. The molecule has 3 heterocycles. The number of rotatable bonds is 2. The third-order valence-electron chi connectivity index (χ3n) is 2.76. The van der Waals surface area contributed by atoms with Gasteiger partial charge in [-0.3, -0.25) is 9.97 Å². The van der Waals surface area contributed by atoms with E-state index in [1.165, 1.54) is 0 Å². The Morgan fingerprint density at radius 3 is 2.47 bits per heavy atom. The number of aromatic nitrogens is 2. The molecular formula is C15H9N3S. The van der Waals surface area contributed by atoms with Crippen molar-refractivity contribution in [3.63, 3.8) is 0 Å². The van der Waals surface area contributed by atoms with Gasteiger partial charge in [0.15, 0.2) is 0 Å². The Morgan fingerprint density at radius 1 is 0.947 bits per heavy atom. The molecule has 0 amide bonds. The van der Waals surface area contributed by atoms with Crippen LogP contribution in [-0.2, 0) is 0 Å². The lowest BCUT2D eigenvalue weighted by Gasteiger charge is -2.03. The highest BCUT2D eigenvalue weighted by molar-refractivity contribution is 7.08. The van der Waals surface area contributed by atoms with E-state index in [1.807, 2.05) is 23.6 Å². The van der Waals surface area contributed by atoms with Crippen LogP contribution in [0.25, 0.3) is 22.5 Å². The molecule has 3 nitrogen and oxygen atoms in total. The first-order valence-electron chi connectivity index (χ1n) is 5.72. The van der Waals surface area contributed by atoms with E-state index in [-0.39, 0.29) is 0 Å². The van der Waals surface area contributed by atoms with Crippen molar-refractivity contribution in [3.05, 3.63) is 59.0 Å². The van der Waals surface area contributed by atoms with Gasteiger partial charge in [0.1, 0.15) is 0 Å². The topological polar surface area (TPSA) is 49.6 Å². The van der Waals surface area contributed by atoms with Crippen LogP contribution in [-0.4, -0.2) is 9.97 Å². The van der Waals surface area contributed by atoms with Crippen molar-refractivity contribution < 1.29 is 0 Å². The predicted octanol–water partition coefficient (Wildman–Crippen LogP) is 3.74. The first kappa shape index (κ1) is 11.6. The quantitative estimate of drug-likeness (QED) is 0.707. The molecule has 0 radical (unpaired) electrons. The Balaban J connectivity index is 2.06. The van der Waals surface area contributed by atoms with Crippen LogP contribution < -0.4 is 0 Å². The fourth-order valence-electron chi connectivity index (χ4n) is 1.82. The third-order valence-corrected chi connectivity index (χ3v) is 3.44. The number of nitriles is 1. The second kappa shape index (κ2) is 5.01. The van der Waals surface area contributed by atoms with Gasteiger partial charge in [-0.2, -0.15) is 16.6 Å². The maximum Gasteiger partial charge on any atom is 0.0992 e. The number of hydrogen-bond acceptors (Lipinski definition) is 4. The predicted molar refractivity (Wildman–Crippen MR) is 75.5 cm³/mol. The average molecular weight is 263 g/mol. The van der Waals surface area contributed by atoms with Gasteiger partial charge in [0.05, 0.1) is 23.0 Å². The van der Waals surface area contributed by atoms with Crippen LogP contribution in [0.15, 0.2) is 53.5 Å². The van der Waals surface area contributed by atoms with E-state index < -0.39 is 0 Å². The van der Waals surface area contributed by atoms with E-state index in [1.54, 1.807) is 35.9 Å². The number of nitrogens with zero attached hydrogens (tertiary/aromatic N) is 3. The van der Waals surface area contributed by atoms with Crippen molar-refractivity contribution in [3.8, 4) is 28.6 Å². The van der Waals surface area contributed by atoms with E-state index >= 15 is 0 Å². The van der Waals surface area contributed by atoms with E-state index in [2.05, 4.69) is 21.4 Å². The normalized spacial score (nSPS) is 10.1. The van der Waals surface area contributed by atoms with Crippen molar-refractivity contribution >= 4 is 11.3 Å². The van der Waals surface area contributed by atoms with Crippen molar-refractivity contribution in [2.75, 3.05) is 0 Å². The van der Waals surface area contributed by atoms with Crippen LogP contribution in [0, 0.1) is 11.3 Å². The van der Waals surface area contributed by atoms with Gasteiger partial charge in [-0.25, -0.2) is 0 Å². The second-order valence-electron chi connectivity index (χ2n) is 3.98. The third kappa shape index (κ3) is 2.37. The highest BCUT2D eigenvalue weighted by Gasteiger charge is 2.04. The maximum absolute atomic E-state index is 8.93. The molecular weight excluding hydrogens is 254 g/mol. The highest BCUT2D eigenvalue weighted by atomic mass is 32.1. The molecule has 3 aromatic heterocycles. The van der Waals surface area contributed by atoms with Crippen molar-refractivity contribution in [1.82, 2.24) is 9.97 Å². The number of hydrogen-bond donors (Lipinski definition) is 0. The highest BCUT2D eigenvalue weighted by Crippen LogP contribution is 2.25. The minimum atomic E-state index is 0.610. The Kier molecular flexibility index (Phi) is 3.05. The molecule has 0 aliphatic heterocycles. The molecule has 0 bridgehead atoms. The molecule has 0 saturated heterocycles. The Morgan fingerprint density at radius 2 is 1.74 bits per heavy atom. The standard InChI is InChI=1S/C15H9N3S/c16-9-11-1-4-17-14(7-11)12-2-5-18-15(8-12)13-3-6-19-10-13/h1-8,10H. The molecule has 90 valence electrons. The van der Waals surface area contributed by atoms with Gasteiger partial charge in [-0.15, -0.1) is 0 Å². The summed E-state index contributed by atoms with van der Waals surface area (Å²) in [5, 5.41) is 13.0. The van der Waals surface area contributed by atoms with Gasteiger partial charge in [-0.1, -0.05) is 0 Å². The summed E-state index contributed by atoms with van der Waals surface area (Å²) in [6.45, 7) is 0. The molecule has 4 heteroatoms. The van der Waals surface area contributed by atoms with E-state index in [9.17, 15) is 0 Å². The van der Waals surface area contributed by atoms with Crippen LogP contribution in [0.1, 0.15) is 5.56 Å². The molecule has 0 aliphatic rings. The smallest absolute Gasteiger partial charge is 0.0992 e. The summed E-state index contributed by atoms with van der Waals surface area (Å²) in [6, 6.07) is 11.5. The molecule has 0 aromatic carbocycles. The summed E-state index contributed by atoms with van der Waals surface area (Å²) in [5.74, 6) is 0. The monoisotopic (exact) mass is 263 g/mol. The van der Waals surface area contributed by atoms with Crippen LogP contribution in [0.4, 0.5) is 0 Å². The summed E-state index contributed by atoms with van der Waals surface area (Å²) in [7, 11) is 0. The molecule has 0 spiro atoms. The fourth-order valence-corrected chi connectivity index (χ4v) is 2.47. The van der Waals surface area contributed by atoms with E-state index in [0.717, 1.165) is 22.5 Å². The first-order valence-corrected chi connectivity index (χ1v) is 6.66. The minimum Gasteiger partial charge on any atom is -0.256 e. The minimum absolute atomic E-state index is 0.610. The van der Waals surface area contributed by atoms with Crippen LogP contribution in [0.2, 0.25) is 0 Å². The summed E-state index contributed by atoms with van der Waals surface area (Å²) in [4.78, 5) is 8.67. The lowest BCUT2D eigenvalue weighted by molar-refractivity contribution is 1.28. The van der Waals surface area contributed by atoms with Gasteiger partial charge in [0.2, 0.25) is 0 Å². The zero-order valence-corrected chi connectivity index (χ0v) is 10.8. The lowest BCUT2D eigenvalue weighted by Crippen LogP contribution is -1.87. The molecule has 3 rings (SSSR count). The SMILES string of the molecule is N#Cc1ccnc(-c2ccnc(-c3ccsc3)c2)c1. The Bertz CT molecular complexity index is 742. The summed E-state index contributed by atoms with van der Waals surface area (Å²) < 4.78 is 0. The molecule has 0 unspecified atom stereocenters. The summed E-state index contributed by atoms with van der Waals surface area (Å²) >= 11 is 1.64. The Hall–Kier alpha value is -2.51. The Labute approximate surface area is 114 Å². The first-order chi connectivity index (χ1) is 9.36. The molecule has 3 aromatic rings. The zero-order chi connectivity index (χ0) is 13.1. The number of thiophene rings is 1. The van der Waals surface area contributed by atoms with Crippen molar-refractivity contribution in [2.24, 2.45) is 0 Å². The molecule has 0 fully saturated rings. The summed E-state index contributed by atoms with van der Waals surface area (Å²) in [6.07, 6.45) is 3.42. The van der Waals surface area contributed by atoms with Gasteiger partial charge < -0.3 is 0 Å². The van der Waals surface area contributed by atoms with Crippen LogP contribution >= 0.6 is 11.3 Å². The van der Waals surface area contributed by atoms with Crippen molar-refractivity contribution in [1.29, 1.82) is 5.26 Å². The van der Waals surface area contributed by atoms with Crippen LogP contribution in [0.5, 0.6) is 0 Å². The van der Waals surface area contributed by atoms with Crippen molar-refractivity contribution in [2.45, 2.75) is 0 Å². The molecule has 0 saturated carbocycles. The molecule has 19 heavy (non-hydrogen) atoms. The van der Waals surface area contributed by atoms with Gasteiger partial charge in [0.25, 0.3) is 0 Å².